The number of phenols is 1. The molecular formula is C10H10O2. The van der Waals surface area contributed by atoms with Gasteiger partial charge in [0.15, 0.2) is 0 Å². The Bertz CT molecular complexity index is 316. The fourth-order valence-electron chi connectivity index (χ4n) is 1.23. The molecule has 62 valence electrons. The summed E-state index contributed by atoms with van der Waals surface area (Å²) in [6.45, 7) is 0.687. The third-order valence-electron chi connectivity index (χ3n) is 1.84. The van der Waals surface area contributed by atoms with Crippen LogP contribution >= 0.6 is 0 Å². The van der Waals surface area contributed by atoms with E-state index in [4.69, 9.17) is 4.74 Å². The summed E-state index contributed by atoms with van der Waals surface area (Å²) in [7, 11) is 0. The van der Waals surface area contributed by atoms with Crippen LogP contribution < -0.4 is 4.74 Å². The monoisotopic (exact) mass is 162 g/mol. The Labute approximate surface area is 71.1 Å². The first-order valence-corrected chi connectivity index (χ1v) is 3.98. The smallest absolute Gasteiger partial charge is 0.130 e. The number of fused-ring (bicyclic) bond motifs is 1. The van der Waals surface area contributed by atoms with Crippen molar-refractivity contribution in [3.05, 3.63) is 29.8 Å². The highest BCUT2D eigenvalue weighted by atomic mass is 16.5. The minimum absolute atomic E-state index is 0.254. The highest BCUT2D eigenvalue weighted by Crippen LogP contribution is 2.26. The first-order chi connectivity index (χ1) is 5.86. The molecule has 0 atom stereocenters. The normalized spacial score (nSPS) is 14.7. The van der Waals surface area contributed by atoms with Gasteiger partial charge in [-0.25, -0.2) is 0 Å². The molecule has 1 aliphatic heterocycles. The van der Waals surface area contributed by atoms with Crippen LogP contribution in [0.5, 0.6) is 11.5 Å². The Morgan fingerprint density at radius 3 is 3.17 bits per heavy atom. The van der Waals surface area contributed by atoms with Crippen molar-refractivity contribution < 1.29 is 9.84 Å². The van der Waals surface area contributed by atoms with Crippen molar-refractivity contribution in [2.24, 2.45) is 0 Å². The van der Waals surface area contributed by atoms with Gasteiger partial charge >= 0.3 is 0 Å². The van der Waals surface area contributed by atoms with Gasteiger partial charge in [-0.1, -0.05) is 12.2 Å². The maximum Gasteiger partial charge on any atom is 0.130 e. The molecule has 0 unspecified atom stereocenters. The van der Waals surface area contributed by atoms with E-state index in [1.807, 2.05) is 12.1 Å². The summed E-state index contributed by atoms with van der Waals surface area (Å²) in [5, 5.41) is 9.18. The minimum atomic E-state index is 0.254. The van der Waals surface area contributed by atoms with Crippen LogP contribution in [0, 0.1) is 0 Å². The van der Waals surface area contributed by atoms with Crippen molar-refractivity contribution in [1.82, 2.24) is 0 Å². The third kappa shape index (κ3) is 1.28. The molecule has 0 spiro atoms. The maximum absolute atomic E-state index is 9.18. The largest absolute Gasteiger partial charge is 0.508 e. The van der Waals surface area contributed by atoms with E-state index >= 15 is 0 Å². The van der Waals surface area contributed by atoms with Crippen molar-refractivity contribution in [1.29, 1.82) is 0 Å². The van der Waals surface area contributed by atoms with Crippen LogP contribution in [0.25, 0.3) is 6.08 Å². The van der Waals surface area contributed by atoms with Crippen molar-refractivity contribution in [2.75, 3.05) is 6.61 Å². The second-order valence-electron chi connectivity index (χ2n) is 2.76. The standard InChI is InChI=1S/C10H10O2/c11-9-5-4-8-3-1-2-6-12-10(8)7-9/h1,3-5,7,11H,2,6H2. The molecule has 2 rings (SSSR count). The molecule has 0 bridgehead atoms. The van der Waals surface area contributed by atoms with Crippen LogP contribution in [0.4, 0.5) is 0 Å². The van der Waals surface area contributed by atoms with Gasteiger partial charge in [0.1, 0.15) is 11.5 Å². The summed E-state index contributed by atoms with van der Waals surface area (Å²) in [6, 6.07) is 5.16. The Hall–Kier alpha value is -1.44. The zero-order valence-corrected chi connectivity index (χ0v) is 6.66. The average Bonchev–Trinajstić information content (AvgIpc) is 2.28. The molecule has 0 aromatic heterocycles. The van der Waals surface area contributed by atoms with Crippen LogP contribution in [0.1, 0.15) is 12.0 Å². The molecule has 1 N–H and O–H groups in total. The molecule has 1 aromatic carbocycles. The summed E-state index contributed by atoms with van der Waals surface area (Å²) in [4.78, 5) is 0. The van der Waals surface area contributed by atoms with Gasteiger partial charge in [0.2, 0.25) is 0 Å². The van der Waals surface area contributed by atoms with E-state index in [1.165, 1.54) is 0 Å². The molecular weight excluding hydrogens is 152 g/mol. The molecule has 0 aliphatic carbocycles. The number of hydrogen-bond donors (Lipinski definition) is 1. The summed E-state index contributed by atoms with van der Waals surface area (Å²) in [5.74, 6) is 1.02. The molecule has 2 heteroatoms. The van der Waals surface area contributed by atoms with E-state index in [0.717, 1.165) is 17.7 Å². The van der Waals surface area contributed by atoms with Crippen LogP contribution in [-0.4, -0.2) is 11.7 Å². The van der Waals surface area contributed by atoms with Gasteiger partial charge in [0.05, 0.1) is 6.61 Å². The number of benzene rings is 1. The molecule has 0 fully saturated rings. The van der Waals surface area contributed by atoms with Crippen LogP contribution in [-0.2, 0) is 0 Å². The summed E-state index contributed by atoms with van der Waals surface area (Å²) in [5.41, 5.74) is 1.03. The van der Waals surface area contributed by atoms with Crippen molar-refractivity contribution in [3.63, 3.8) is 0 Å². The average molecular weight is 162 g/mol. The lowest BCUT2D eigenvalue weighted by Gasteiger charge is -2.05. The Morgan fingerprint density at radius 2 is 2.25 bits per heavy atom. The molecule has 12 heavy (non-hydrogen) atoms. The van der Waals surface area contributed by atoms with Gasteiger partial charge in [-0.15, -0.1) is 0 Å². The molecule has 1 aromatic rings. The highest BCUT2D eigenvalue weighted by Gasteiger charge is 2.04. The lowest BCUT2D eigenvalue weighted by molar-refractivity contribution is 0.324. The van der Waals surface area contributed by atoms with Gasteiger partial charge in [-0.3, -0.25) is 0 Å². The Morgan fingerprint density at radius 1 is 1.33 bits per heavy atom. The molecule has 2 nitrogen and oxygen atoms in total. The lowest BCUT2D eigenvalue weighted by Crippen LogP contribution is -1.94. The van der Waals surface area contributed by atoms with Crippen molar-refractivity contribution in [3.8, 4) is 11.5 Å². The number of phenolic OH excluding ortho intramolecular Hbond substituents is 1. The number of hydrogen-bond acceptors (Lipinski definition) is 2. The predicted molar refractivity (Wildman–Crippen MR) is 47.3 cm³/mol. The van der Waals surface area contributed by atoms with E-state index < -0.39 is 0 Å². The van der Waals surface area contributed by atoms with E-state index in [1.54, 1.807) is 12.1 Å². The Balaban J connectivity index is 2.46. The topological polar surface area (TPSA) is 29.5 Å². The zero-order valence-electron chi connectivity index (χ0n) is 6.66. The molecule has 0 saturated heterocycles. The van der Waals surface area contributed by atoms with Gasteiger partial charge < -0.3 is 9.84 Å². The molecule has 0 amide bonds. The second kappa shape index (κ2) is 2.89. The quantitative estimate of drug-likeness (QED) is 0.633. The van der Waals surface area contributed by atoms with Crippen molar-refractivity contribution in [2.45, 2.75) is 6.42 Å². The molecule has 1 aliphatic rings. The van der Waals surface area contributed by atoms with E-state index in [0.29, 0.717) is 6.61 Å². The number of ether oxygens (including phenoxy) is 1. The molecule has 0 radical (unpaired) electrons. The second-order valence-corrected chi connectivity index (χ2v) is 2.76. The van der Waals surface area contributed by atoms with Crippen LogP contribution in [0.3, 0.4) is 0 Å². The van der Waals surface area contributed by atoms with Crippen LogP contribution in [0.2, 0.25) is 0 Å². The Kier molecular flexibility index (Phi) is 1.74. The number of aromatic hydroxyl groups is 1. The van der Waals surface area contributed by atoms with Crippen LogP contribution in [0.15, 0.2) is 24.3 Å². The zero-order chi connectivity index (χ0) is 8.39. The summed E-state index contributed by atoms with van der Waals surface area (Å²) >= 11 is 0. The van der Waals surface area contributed by atoms with E-state index in [2.05, 4.69) is 6.08 Å². The minimum Gasteiger partial charge on any atom is -0.508 e. The van der Waals surface area contributed by atoms with Gasteiger partial charge in [0.25, 0.3) is 0 Å². The summed E-state index contributed by atoms with van der Waals surface area (Å²) in [6.07, 6.45) is 5.01. The predicted octanol–water partition coefficient (Wildman–Crippen LogP) is 2.19. The maximum atomic E-state index is 9.18. The highest BCUT2D eigenvalue weighted by molar-refractivity contribution is 5.59. The van der Waals surface area contributed by atoms with Crippen molar-refractivity contribution >= 4 is 6.08 Å². The summed E-state index contributed by atoms with van der Waals surface area (Å²) < 4.78 is 5.41. The lowest BCUT2D eigenvalue weighted by atomic mass is 10.2. The number of rotatable bonds is 0. The SMILES string of the molecule is Oc1ccc2c(c1)OCCC=C2. The van der Waals surface area contributed by atoms with E-state index in [9.17, 15) is 5.11 Å². The first-order valence-electron chi connectivity index (χ1n) is 3.98. The third-order valence-corrected chi connectivity index (χ3v) is 1.84. The molecule has 0 saturated carbocycles. The molecule has 1 heterocycles. The van der Waals surface area contributed by atoms with E-state index in [-0.39, 0.29) is 5.75 Å². The fourth-order valence-corrected chi connectivity index (χ4v) is 1.23. The van der Waals surface area contributed by atoms with Gasteiger partial charge in [-0.2, -0.15) is 0 Å². The van der Waals surface area contributed by atoms with Gasteiger partial charge in [-0.05, 0) is 18.6 Å². The van der Waals surface area contributed by atoms with Gasteiger partial charge in [0, 0.05) is 11.6 Å². The first kappa shape index (κ1) is 7.22. The fraction of sp³-hybridized carbons (Fsp3) is 0.200.